The summed E-state index contributed by atoms with van der Waals surface area (Å²) >= 11 is 0. The Morgan fingerprint density at radius 2 is 0.636 bits per heavy atom. The molecule has 4 saturated carbocycles. The molecule has 0 radical (unpaired) electrons. The quantitative estimate of drug-likeness (QED) is 0.568. The molecule has 0 aliphatic heterocycles. The van der Waals surface area contributed by atoms with Gasteiger partial charge in [-0.2, -0.15) is 0 Å². The van der Waals surface area contributed by atoms with Crippen LogP contribution in [0.3, 0.4) is 0 Å². The molecule has 0 atom stereocenters. The van der Waals surface area contributed by atoms with E-state index in [4.69, 9.17) is 0 Å². The molecule has 1 heteroatoms. The monoisotopic (exact) mass is 238 g/mol. The molecule has 0 aromatic heterocycles. The molecular formula is C10H16Ru. The minimum atomic E-state index is 0. The molecule has 64 valence electrons. The van der Waals surface area contributed by atoms with Crippen molar-refractivity contribution < 1.29 is 19.5 Å². The third kappa shape index (κ3) is 1.30. The maximum absolute atomic E-state index is 1.60. The third-order valence-corrected chi connectivity index (χ3v) is 4.00. The second-order valence-corrected chi connectivity index (χ2v) is 4.88. The molecule has 0 aromatic carbocycles. The Bertz CT molecular complexity index is 96.4. The van der Waals surface area contributed by atoms with Gasteiger partial charge in [-0.1, -0.05) is 0 Å². The van der Waals surface area contributed by atoms with Gasteiger partial charge in [-0.15, -0.1) is 0 Å². The SMILES string of the molecule is C1C2CC3CC1CC(C2)C3.[Ru]. The van der Waals surface area contributed by atoms with Gasteiger partial charge in [-0.25, -0.2) is 0 Å². The second kappa shape index (κ2) is 2.84. The van der Waals surface area contributed by atoms with Crippen LogP contribution in [-0.4, -0.2) is 0 Å². The molecule has 11 heavy (non-hydrogen) atoms. The van der Waals surface area contributed by atoms with Crippen LogP contribution in [0.5, 0.6) is 0 Å². The molecule has 4 rings (SSSR count). The summed E-state index contributed by atoms with van der Waals surface area (Å²) in [5.41, 5.74) is 0. The van der Waals surface area contributed by atoms with E-state index in [1.807, 2.05) is 0 Å². The summed E-state index contributed by atoms with van der Waals surface area (Å²) in [5, 5.41) is 0. The summed E-state index contributed by atoms with van der Waals surface area (Å²) in [7, 11) is 0. The van der Waals surface area contributed by atoms with Crippen LogP contribution in [-0.2, 0) is 19.5 Å². The summed E-state index contributed by atoms with van der Waals surface area (Å²) < 4.78 is 0. The van der Waals surface area contributed by atoms with E-state index in [0.717, 1.165) is 0 Å². The summed E-state index contributed by atoms with van der Waals surface area (Å²) in [5.74, 6) is 4.71. The van der Waals surface area contributed by atoms with E-state index >= 15 is 0 Å². The van der Waals surface area contributed by atoms with E-state index in [9.17, 15) is 0 Å². The van der Waals surface area contributed by atoms with Gasteiger partial charge in [0.25, 0.3) is 0 Å². The molecule has 0 saturated heterocycles. The molecule has 0 spiro atoms. The number of hydrogen-bond acceptors (Lipinski definition) is 0. The van der Waals surface area contributed by atoms with Gasteiger partial charge in [0.05, 0.1) is 0 Å². The molecule has 0 N–H and O–H groups in total. The Kier molecular flexibility index (Phi) is 2.12. The van der Waals surface area contributed by atoms with Crippen molar-refractivity contribution in [1.82, 2.24) is 0 Å². The smallest absolute Gasteiger partial charge is 0 e. The zero-order valence-corrected chi connectivity index (χ0v) is 8.64. The molecule has 0 nitrogen and oxygen atoms in total. The van der Waals surface area contributed by atoms with Crippen LogP contribution >= 0.6 is 0 Å². The van der Waals surface area contributed by atoms with Crippen molar-refractivity contribution in [3.8, 4) is 0 Å². The zero-order valence-electron chi connectivity index (χ0n) is 6.91. The Labute approximate surface area is 81.9 Å². The predicted molar refractivity (Wildman–Crippen MR) is 41.7 cm³/mol. The molecule has 0 unspecified atom stereocenters. The third-order valence-electron chi connectivity index (χ3n) is 4.00. The first kappa shape index (κ1) is 8.23. The van der Waals surface area contributed by atoms with Crippen molar-refractivity contribution in [2.75, 3.05) is 0 Å². The van der Waals surface area contributed by atoms with Crippen molar-refractivity contribution in [2.45, 2.75) is 38.5 Å². The fourth-order valence-corrected chi connectivity index (χ4v) is 3.98. The van der Waals surface area contributed by atoms with Gasteiger partial charge in [-0.05, 0) is 62.2 Å². The standard InChI is InChI=1S/C10H16.Ru/c1-7-2-9-4-8(1)5-10(3-7)6-9;/h7-10H,1-6H2;. The van der Waals surface area contributed by atoms with Crippen LogP contribution in [0.1, 0.15) is 38.5 Å². The van der Waals surface area contributed by atoms with Crippen LogP contribution in [0.25, 0.3) is 0 Å². The Hall–Kier alpha value is 0.623. The molecular weight excluding hydrogens is 221 g/mol. The van der Waals surface area contributed by atoms with Crippen molar-refractivity contribution in [3.63, 3.8) is 0 Å². The Morgan fingerprint density at radius 3 is 0.818 bits per heavy atom. The topological polar surface area (TPSA) is 0 Å². The maximum Gasteiger partial charge on any atom is 0 e. The van der Waals surface area contributed by atoms with E-state index in [2.05, 4.69) is 0 Å². The molecule has 0 aromatic rings. The average molecular weight is 237 g/mol. The maximum atomic E-state index is 1.60. The summed E-state index contributed by atoms with van der Waals surface area (Å²) in [4.78, 5) is 0. The van der Waals surface area contributed by atoms with Crippen LogP contribution in [0, 0.1) is 23.7 Å². The Balaban J connectivity index is 0.000000480. The average Bonchev–Trinajstić information content (AvgIpc) is 1.82. The van der Waals surface area contributed by atoms with Gasteiger partial charge in [0.15, 0.2) is 0 Å². The van der Waals surface area contributed by atoms with Crippen LogP contribution in [0.15, 0.2) is 0 Å². The van der Waals surface area contributed by atoms with Gasteiger partial charge < -0.3 is 0 Å². The second-order valence-electron chi connectivity index (χ2n) is 4.88. The summed E-state index contributed by atoms with van der Waals surface area (Å²) in [6.07, 6.45) is 9.62. The van der Waals surface area contributed by atoms with Crippen molar-refractivity contribution >= 4 is 0 Å². The number of hydrogen-bond donors (Lipinski definition) is 0. The van der Waals surface area contributed by atoms with Crippen LogP contribution in [0.4, 0.5) is 0 Å². The first-order chi connectivity index (χ1) is 4.90. The minimum Gasteiger partial charge on any atom is -0.0475 e. The molecule has 0 heterocycles. The largest absolute Gasteiger partial charge is 0.0475 e. The summed E-state index contributed by atoms with van der Waals surface area (Å²) in [6, 6.07) is 0. The minimum absolute atomic E-state index is 0. The van der Waals surface area contributed by atoms with Crippen molar-refractivity contribution in [3.05, 3.63) is 0 Å². The summed E-state index contributed by atoms with van der Waals surface area (Å²) in [6.45, 7) is 0. The van der Waals surface area contributed by atoms with Crippen LogP contribution < -0.4 is 0 Å². The predicted octanol–water partition coefficient (Wildman–Crippen LogP) is 2.83. The van der Waals surface area contributed by atoms with Crippen molar-refractivity contribution in [1.29, 1.82) is 0 Å². The van der Waals surface area contributed by atoms with Gasteiger partial charge in [0.1, 0.15) is 0 Å². The van der Waals surface area contributed by atoms with Gasteiger partial charge >= 0.3 is 0 Å². The van der Waals surface area contributed by atoms with Gasteiger partial charge in [-0.3, -0.25) is 0 Å². The fraction of sp³-hybridized carbons (Fsp3) is 1.00. The van der Waals surface area contributed by atoms with Crippen LogP contribution in [0.2, 0.25) is 0 Å². The van der Waals surface area contributed by atoms with Gasteiger partial charge in [0, 0.05) is 19.5 Å². The fourth-order valence-electron chi connectivity index (χ4n) is 3.98. The Morgan fingerprint density at radius 1 is 0.455 bits per heavy atom. The molecule has 4 bridgehead atoms. The first-order valence-corrected chi connectivity index (χ1v) is 4.90. The normalized spacial score (nSPS) is 52.4. The van der Waals surface area contributed by atoms with E-state index in [1.165, 1.54) is 23.7 Å². The van der Waals surface area contributed by atoms with E-state index < -0.39 is 0 Å². The molecule has 4 fully saturated rings. The van der Waals surface area contributed by atoms with E-state index in [1.54, 1.807) is 38.5 Å². The van der Waals surface area contributed by atoms with E-state index in [-0.39, 0.29) is 19.5 Å². The zero-order chi connectivity index (χ0) is 6.55. The first-order valence-electron chi connectivity index (χ1n) is 4.90. The molecule has 0 amide bonds. The van der Waals surface area contributed by atoms with E-state index in [0.29, 0.717) is 0 Å². The van der Waals surface area contributed by atoms with Gasteiger partial charge in [0.2, 0.25) is 0 Å². The molecule has 4 aliphatic rings. The number of rotatable bonds is 0. The van der Waals surface area contributed by atoms with Crippen molar-refractivity contribution in [2.24, 2.45) is 23.7 Å². The molecule has 4 aliphatic carbocycles.